The van der Waals surface area contributed by atoms with Crippen LogP contribution in [0.1, 0.15) is 26.5 Å². The molecule has 2 aromatic rings. The number of nitrogens with zero attached hydrogens (tertiary/aromatic N) is 2. The van der Waals surface area contributed by atoms with Gasteiger partial charge in [0, 0.05) is 11.9 Å². The molecule has 6 heteroatoms. The Morgan fingerprint density at radius 1 is 1.26 bits per heavy atom. The number of aryl methyl sites for hydroxylation is 1. The lowest BCUT2D eigenvalue weighted by Crippen LogP contribution is -2.16. The first-order chi connectivity index (χ1) is 9.08. The fourth-order valence-corrected chi connectivity index (χ4v) is 1.54. The Bertz CT molecular complexity index is 641. The van der Waals surface area contributed by atoms with Crippen LogP contribution >= 0.6 is 0 Å². The van der Waals surface area contributed by atoms with E-state index in [2.05, 4.69) is 15.3 Å². The second kappa shape index (κ2) is 5.26. The Labute approximate surface area is 109 Å². The van der Waals surface area contributed by atoms with E-state index in [1.54, 1.807) is 25.1 Å². The van der Waals surface area contributed by atoms with Crippen molar-refractivity contribution in [1.29, 1.82) is 0 Å². The number of amides is 1. The third-order valence-electron chi connectivity index (χ3n) is 2.42. The Kier molecular flexibility index (Phi) is 3.51. The third kappa shape index (κ3) is 2.92. The summed E-state index contributed by atoms with van der Waals surface area (Å²) in [7, 11) is 0. The number of carboxylic acids is 1. The van der Waals surface area contributed by atoms with Crippen LogP contribution in [0.2, 0.25) is 0 Å². The third-order valence-corrected chi connectivity index (χ3v) is 2.42. The van der Waals surface area contributed by atoms with Gasteiger partial charge in [-0.25, -0.2) is 9.78 Å². The summed E-state index contributed by atoms with van der Waals surface area (Å²) >= 11 is 0. The number of rotatable bonds is 3. The second-order valence-corrected chi connectivity index (χ2v) is 3.84. The van der Waals surface area contributed by atoms with Gasteiger partial charge >= 0.3 is 5.97 Å². The number of pyridine rings is 2. The first-order valence-electron chi connectivity index (χ1n) is 5.50. The molecule has 0 unspecified atom stereocenters. The molecule has 1 amide bonds. The predicted octanol–water partition coefficient (Wildman–Crippen LogP) is 1.74. The number of hydrogen-bond donors (Lipinski definition) is 2. The summed E-state index contributed by atoms with van der Waals surface area (Å²) in [5.74, 6) is -1.60. The van der Waals surface area contributed by atoms with Crippen LogP contribution in [0.4, 0.5) is 5.69 Å². The molecule has 2 N–H and O–H groups in total. The molecule has 0 fully saturated rings. The molecule has 0 bridgehead atoms. The lowest BCUT2D eigenvalue weighted by molar-refractivity contribution is 0.0698. The number of carbonyl (C=O) groups excluding carboxylic acids is 1. The average molecular weight is 257 g/mol. The minimum atomic E-state index is -1.13. The predicted molar refractivity (Wildman–Crippen MR) is 68.1 cm³/mol. The number of carbonyl (C=O) groups is 2. The van der Waals surface area contributed by atoms with E-state index < -0.39 is 11.9 Å². The number of aromatic carboxylic acids is 1. The monoisotopic (exact) mass is 257 g/mol. The zero-order valence-corrected chi connectivity index (χ0v) is 10.1. The molecule has 0 aliphatic heterocycles. The van der Waals surface area contributed by atoms with Crippen LogP contribution in [0, 0.1) is 6.92 Å². The summed E-state index contributed by atoms with van der Waals surface area (Å²) < 4.78 is 0. The number of carboxylic acid groups (broad SMARTS) is 1. The number of hydrogen-bond acceptors (Lipinski definition) is 4. The largest absolute Gasteiger partial charge is 0.478 e. The molecule has 2 rings (SSSR count). The molecule has 0 aromatic carbocycles. The number of aromatic nitrogens is 2. The van der Waals surface area contributed by atoms with Crippen LogP contribution in [0.25, 0.3) is 0 Å². The van der Waals surface area contributed by atoms with Gasteiger partial charge in [0.1, 0.15) is 5.69 Å². The maximum Gasteiger partial charge on any atom is 0.337 e. The molecular weight excluding hydrogens is 246 g/mol. The minimum Gasteiger partial charge on any atom is -0.478 e. The minimum absolute atomic E-state index is 0.0176. The van der Waals surface area contributed by atoms with Gasteiger partial charge in [-0.05, 0) is 25.1 Å². The van der Waals surface area contributed by atoms with E-state index in [1.807, 2.05) is 0 Å². The summed E-state index contributed by atoms with van der Waals surface area (Å²) in [5, 5.41) is 11.5. The summed E-state index contributed by atoms with van der Waals surface area (Å²) in [6.45, 7) is 1.77. The van der Waals surface area contributed by atoms with Gasteiger partial charge in [-0.1, -0.05) is 6.07 Å². The first kappa shape index (κ1) is 12.7. The van der Waals surface area contributed by atoms with Crippen molar-refractivity contribution in [3.63, 3.8) is 0 Å². The van der Waals surface area contributed by atoms with Crippen LogP contribution in [-0.4, -0.2) is 27.0 Å². The maximum absolute atomic E-state index is 11.9. The highest BCUT2D eigenvalue weighted by atomic mass is 16.4. The van der Waals surface area contributed by atoms with Crippen molar-refractivity contribution < 1.29 is 14.7 Å². The molecule has 6 nitrogen and oxygen atoms in total. The zero-order valence-electron chi connectivity index (χ0n) is 10.1. The Hall–Kier alpha value is -2.76. The van der Waals surface area contributed by atoms with E-state index in [1.165, 1.54) is 18.5 Å². The van der Waals surface area contributed by atoms with E-state index >= 15 is 0 Å². The Balaban J connectivity index is 2.27. The smallest absolute Gasteiger partial charge is 0.337 e. The normalized spacial score (nSPS) is 9.95. The van der Waals surface area contributed by atoms with Gasteiger partial charge in [-0.2, -0.15) is 0 Å². The molecule has 2 heterocycles. The fraction of sp³-hybridized carbons (Fsp3) is 0.0769. The number of nitrogens with one attached hydrogen (secondary N) is 1. The number of anilines is 1. The van der Waals surface area contributed by atoms with E-state index in [0.29, 0.717) is 5.69 Å². The maximum atomic E-state index is 11.9. The quantitative estimate of drug-likeness (QED) is 0.873. The standard InChI is InChI=1S/C13H11N3O3/c1-8-3-2-4-10(15-8)12(17)16-11-7-14-6-5-9(11)13(18)19/h2-7H,1H3,(H,16,17)(H,18,19). The van der Waals surface area contributed by atoms with E-state index in [-0.39, 0.29) is 16.9 Å². The molecule has 2 aromatic heterocycles. The highest BCUT2D eigenvalue weighted by Crippen LogP contribution is 2.14. The molecule has 0 saturated carbocycles. The van der Waals surface area contributed by atoms with Gasteiger partial charge in [0.05, 0.1) is 17.4 Å². The van der Waals surface area contributed by atoms with Crippen molar-refractivity contribution in [3.05, 3.63) is 53.6 Å². The molecule has 0 spiro atoms. The van der Waals surface area contributed by atoms with E-state index in [4.69, 9.17) is 5.11 Å². The molecule has 19 heavy (non-hydrogen) atoms. The molecule has 0 saturated heterocycles. The van der Waals surface area contributed by atoms with Gasteiger partial charge in [-0.3, -0.25) is 9.78 Å². The first-order valence-corrected chi connectivity index (χ1v) is 5.50. The summed E-state index contributed by atoms with van der Waals surface area (Å²) in [6, 6.07) is 6.35. The van der Waals surface area contributed by atoms with E-state index in [0.717, 1.165) is 0 Å². The molecule has 0 radical (unpaired) electrons. The summed E-state index contributed by atoms with van der Waals surface area (Å²) in [6.07, 6.45) is 2.64. The molecule has 0 aliphatic rings. The summed E-state index contributed by atoms with van der Waals surface area (Å²) in [4.78, 5) is 30.8. The van der Waals surface area contributed by atoms with Crippen LogP contribution in [0.3, 0.4) is 0 Å². The lowest BCUT2D eigenvalue weighted by atomic mass is 10.2. The SMILES string of the molecule is Cc1cccc(C(=O)Nc2cnccc2C(=O)O)n1. The second-order valence-electron chi connectivity index (χ2n) is 3.84. The lowest BCUT2D eigenvalue weighted by Gasteiger charge is -2.07. The Morgan fingerprint density at radius 3 is 2.74 bits per heavy atom. The van der Waals surface area contributed by atoms with Gasteiger partial charge in [0.2, 0.25) is 0 Å². The molecule has 0 atom stereocenters. The fourth-order valence-electron chi connectivity index (χ4n) is 1.54. The Morgan fingerprint density at radius 2 is 2.05 bits per heavy atom. The average Bonchev–Trinajstić information content (AvgIpc) is 2.39. The molecular formula is C13H11N3O3. The van der Waals surface area contributed by atoms with E-state index in [9.17, 15) is 9.59 Å². The van der Waals surface area contributed by atoms with Gasteiger partial charge in [0.15, 0.2) is 0 Å². The van der Waals surface area contributed by atoms with Crippen molar-refractivity contribution >= 4 is 17.6 Å². The van der Waals surface area contributed by atoms with Crippen molar-refractivity contribution in [2.45, 2.75) is 6.92 Å². The molecule has 0 aliphatic carbocycles. The highest BCUT2D eigenvalue weighted by Gasteiger charge is 2.14. The van der Waals surface area contributed by atoms with Gasteiger partial charge in [-0.15, -0.1) is 0 Å². The molecule has 96 valence electrons. The van der Waals surface area contributed by atoms with Crippen molar-refractivity contribution in [2.24, 2.45) is 0 Å². The van der Waals surface area contributed by atoms with Crippen LogP contribution in [0.15, 0.2) is 36.7 Å². The van der Waals surface area contributed by atoms with Gasteiger partial charge < -0.3 is 10.4 Å². The van der Waals surface area contributed by atoms with Crippen LogP contribution in [-0.2, 0) is 0 Å². The topological polar surface area (TPSA) is 92.2 Å². The van der Waals surface area contributed by atoms with Crippen molar-refractivity contribution in [1.82, 2.24) is 9.97 Å². The zero-order chi connectivity index (χ0) is 13.8. The highest BCUT2D eigenvalue weighted by molar-refractivity contribution is 6.06. The van der Waals surface area contributed by atoms with Crippen molar-refractivity contribution in [3.8, 4) is 0 Å². The van der Waals surface area contributed by atoms with Crippen molar-refractivity contribution in [2.75, 3.05) is 5.32 Å². The van der Waals surface area contributed by atoms with Gasteiger partial charge in [0.25, 0.3) is 5.91 Å². The summed E-state index contributed by atoms with van der Waals surface area (Å²) in [5.41, 5.74) is 1.05. The van der Waals surface area contributed by atoms with Crippen LogP contribution in [0.5, 0.6) is 0 Å². The van der Waals surface area contributed by atoms with Crippen LogP contribution < -0.4 is 5.32 Å².